The number of alkyl halides is 3. The van der Waals surface area contributed by atoms with Crippen molar-refractivity contribution in [3.05, 3.63) is 263 Å². The zero-order valence-electron chi connectivity index (χ0n) is 44.3. The van der Waals surface area contributed by atoms with Crippen molar-refractivity contribution in [3.8, 4) is 90.3 Å². The van der Waals surface area contributed by atoms with Crippen LogP contribution in [0.4, 0.5) is 13.2 Å². The van der Waals surface area contributed by atoms with Crippen molar-refractivity contribution < 1.29 is 13.2 Å². The lowest BCUT2D eigenvalue weighted by molar-refractivity contribution is -0.137. The first-order chi connectivity index (χ1) is 38.8. The molecule has 0 saturated carbocycles. The molecule has 0 fully saturated rings. The lowest BCUT2D eigenvalue weighted by Gasteiger charge is -2.21. The lowest BCUT2D eigenvalue weighted by atomic mass is 9.92. The number of hydrogen-bond acceptors (Lipinski definition) is 2. The van der Waals surface area contributed by atoms with Gasteiger partial charge in [0.25, 0.3) is 0 Å². The van der Waals surface area contributed by atoms with E-state index >= 15 is 13.2 Å². The molecule has 13 aromatic rings. The second kappa shape index (κ2) is 19.4. The molecule has 0 radical (unpaired) electrons. The maximum Gasteiger partial charge on any atom is 0.417 e. The Morgan fingerprint density at radius 1 is 0.300 bits per heavy atom. The molecule has 0 aliphatic carbocycles. The second-order valence-electron chi connectivity index (χ2n) is 21.0. The lowest BCUT2D eigenvalue weighted by Crippen LogP contribution is -2.08. The molecule has 4 nitrogen and oxygen atoms in total. The third kappa shape index (κ3) is 8.67. The highest BCUT2D eigenvalue weighted by molar-refractivity contribution is 6.14. The molecule has 0 N–H and O–H groups in total. The van der Waals surface area contributed by atoms with Gasteiger partial charge in [0.1, 0.15) is 0 Å². The van der Waals surface area contributed by atoms with Crippen LogP contribution in [0, 0.1) is 50.4 Å². The molecule has 0 amide bonds. The van der Waals surface area contributed by atoms with E-state index in [0.717, 1.165) is 111 Å². The minimum Gasteiger partial charge on any atom is -0.309 e. The summed E-state index contributed by atoms with van der Waals surface area (Å²) in [6.07, 6.45) is -4.77. The van der Waals surface area contributed by atoms with Gasteiger partial charge >= 0.3 is 6.18 Å². The van der Waals surface area contributed by atoms with Gasteiger partial charge < -0.3 is 9.13 Å². The number of halogens is 3. The number of nitrogens with zero attached hydrogens (tertiary/aromatic N) is 4. The molecule has 13 rings (SSSR count). The molecule has 0 atom stereocenters. The highest BCUT2D eigenvalue weighted by Crippen LogP contribution is 2.46. The van der Waals surface area contributed by atoms with E-state index in [9.17, 15) is 10.5 Å². The molecular weight excluding hydrogens is 990 g/mol. The zero-order chi connectivity index (χ0) is 55.0. The van der Waals surface area contributed by atoms with Crippen molar-refractivity contribution >= 4 is 43.6 Å². The predicted octanol–water partition coefficient (Wildman–Crippen LogP) is 19.9. The molecule has 80 heavy (non-hydrogen) atoms. The van der Waals surface area contributed by atoms with Gasteiger partial charge in [0.05, 0.1) is 62.3 Å². The minimum absolute atomic E-state index is 0.0597. The number of nitriles is 2. The topological polar surface area (TPSA) is 57.4 Å². The van der Waals surface area contributed by atoms with E-state index in [4.69, 9.17) is 0 Å². The Labute approximate surface area is 461 Å². The van der Waals surface area contributed by atoms with E-state index in [-0.39, 0.29) is 11.1 Å². The maximum atomic E-state index is 15.3. The first-order valence-electron chi connectivity index (χ1n) is 26.6. The molecule has 7 heteroatoms. The summed E-state index contributed by atoms with van der Waals surface area (Å²) in [6.45, 7) is 8.30. The van der Waals surface area contributed by atoms with Crippen LogP contribution in [-0.2, 0) is 6.18 Å². The van der Waals surface area contributed by atoms with Crippen molar-refractivity contribution in [2.24, 2.45) is 0 Å². The van der Waals surface area contributed by atoms with Crippen LogP contribution in [0.15, 0.2) is 224 Å². The van der Waals surface area contributed by atoms with Crippen molar-refractivity contribution in [1.82, 2.24) is 9.13 Å². The second-order valence-corrected chi connectivity index (χ2v) is 21.0. The normalized spacial score (nSPS) is 11.7. The van der Waals surface area contributed by atoms with Crippen molar-refractivity contribution in [1.29, 1.82) is 10.5 Å². The summed E-state index contributed by atoms with van der Waals surface area (Å²) in [7, 11) is 0. The average molecular weight is 1040 g/mol. The van der Waals surface area contributed by atoms with Crippen LogP contribution in [0.3, 0.4) is 0 Å². The monoisotopic (exact) mass is 1040 g/mol. The molecule has 0 spiro atoms. The molecule has 0 saturated heterocycles. The first-order valence-corrected chi connectivity index (χ1v) is 26.6. The molecule has 0 aliphatic rings. The van der Waals surface area contributed by atoms with Crippen LogP contribution in [0.2, 0.25) is 0 Å². The van der Waals surface area contributed by atoms with Crippen LogP contribution in [0.1, 0.15) is 38.9 Å². The number of rotatable bonds is 8. The largest absolute Gasteiger partial charge is 0.417 e. The van der Waals surface area contributed by atoms with E-state index < -0.39 is 11.7 Å². The molecule has 382 valence electrons. The van der Waals surface area contributed by atoms with E-state index in [1.165, 1.54) is 23.3 Å². The van der Waals surface area contributed by atoms with Crippen LogP contribution in [-0.4, -0.2) is 9.13 Å². The SMILES string of the molecule is Cc1ccc(-c2ccc3c(c2)c2cc(-c4ccc(C)cc4)ccc2n3-c2ccc(C#N)cc2-c2ccc(-c3ccc(C#N)cc3C(F)(F)F)cc2-n2c3ccc(-c4ccc(C)cc4)cc3c3cc(-c4ccc(C)cc4)ccc32)cc1. The van der Waals surface area contributed by atoms with Gasteiger partial charge in [0.15, 0.2) is 0 Å². The molecular formula is C73H49F3N4. The van der Waals surface area contributed by atoms with Gasteiger partial charge in [-0.3, -0.25) is 0 Å². The van der Waals surface area contributed by atoms with Crippen molar-refractivity contribution in [3.63, 3.8) is 0 Å². The Kier molecular flexibility index (Phi) is 11.9. The highest BCUT2D eigenvalue weighted by atomic mass is 19.4. The zero-order valence-corrected chi connectivity index (χ0v) is 44.3. The summed E-state index contributed by atoms with van der Waals surface area (Å²) in [5, 5.41) is 24.5. The first kappa shape index (κ1) is 49.4. The number of benzene rings is 11. The molecule has 0 unspecified atom stereocenters. The third-order valence-corrected chi connectivity index (χ3v) is 15.7. The van der Waals surface area contributed by atoms with Gasteiger partial charge in [-0.05, 0) is 168 Å². The van der Waals surface area contributed by atoms with Crippen LogP contribution >= 0.6 is 0 Å². The Morgan fingerprint density at radius 3 is 1.00 bits per heavy atom. The van der Waals surface area contributed by atoms with E-state index in [0.29, 0.717) is 27.9 Å². The highest BCUT2D eigenvalue weighted by Gasteiger charge is 2.34. The molecule has 0 aliphatic heterocycles. The Bertz CT molecular complexity index is 4510. The fourth-order valence-corrected chi connectivity index (χ4v) is 11.5. The number of aryl methyl sites for hydroxylation is 4. The predicted molar refractivity (Wildman–Crippen MR) is 321 cm³/mol. The van der Waals surface area contributed by atoms with E-state index in [1.54, 1.807) is 6.07 Å². The average Bonchev–Trinajstić information content (AvgIpc) is 4.13. The summed E-state index contributed by atoms with van der Waals surface area (Å²) in [5.74, 6) is 0. The maximum absolute atomic E-state index is 15.3. The fraction of sp³-hybridized carbons (Fsp3) is 0.0685. The summed E-state index contributed by atoms with van der Waals surface area (Å²) in [6, 6.07) is 79.2. The summed E-state index contributed by atoms with van der Waals surface area (Å²) in [4.78, 5) is 0. The van der Waals surface area contributed by atoms with Gasteiger partial charge in [0, 0.05) is 32.7 Å². The van der Waals surface area contributed by atoms with Crippen LogP contribution in [0.5, 0.6) is 0 Å². The molecule has 0 bridgehead atoms. The van der Waals surface area contributed by atoms with Gasteiger partial charge in [-0.25, -0.2) is 0 Å². The van der Waals surface area contributed by atoms with Gasteiger partial charge in [-0.1, -0.05) is 162 Å². The van der Waals surface area contributed by atoms with Gasteiger partial charge in [-0.15, -0.1) is 0 Å². The number of aromatic nitrogens is 2. The third-order valence-electron chi connectivity index (χ3n) is 15.7. The summed E-state index contributed by atoms with van der Waals surface area (Å²) >= 11 is 0. The van der Waals surface area contributed by atoms with Crippen molar-refractivity contribution in [2.45, 2.75) is 33.9 Å². The quantitative estimate of drug-likeness (QED) is 0.152. The van der Waals surface area contributed by atoms with E-state index in [1.807, 2.05) is 36.4 Å². The Hall–Kier alpha value is -10.2. The van der Waals surface area contributed by atoms with Crippen LogP contribution < -0.4 is 0 Å². The van der Waals surface area contributed by atoms with Gasteiger partial charge in [-0.2, -0.15) is 23.7 Å². The van der Waals surface area contributed by atoms with Gasteiger partial charge in [0.2, 0.25) is 0 Å². The summed E-state index contributed by atoms with van der Waals surface area (Å²) < 4.78 is 50.2. The van der Waals surface area contributed by atoms with E-state index in [2.05, 4.69) is 213 Å². The molecule has 2 aromatic heterocycles. The molecule has 2 heterocycles. The standard InChI is InChI=1S/C73H49F3N4/c1-44-5-15-50(16-6-44)54-24-31-68-62(37-54)63-38-55(51-17-7-45(2)8-18-51)25-32-69(63)79(68)67-30-14-48(42-77)35-61(67)60-29-23-58(59-28-13-49(43-78)36-66(59)73(74,75)76)41-72(60)80-70-33-26-56(52-19-9-46(3)10-20-52)39-64(70)65-40-57(27-34-71(65)80)53-21-11-47(4)12-22-53/h5-41H,1-4H3. The Morgan fingerprint density at radius 2 is 0.625 bits per heavy atom. The molecule has 11 aromatic carbocycles. The smallest absolute Gasteiger partial charge is 0.309 e. The number of hydrogen-bond donors (Lipinski definition) is 0. The minimum atomic E-state index is -4.77. The van der Waals surface area contributed by atoms with Crippen LogP contribution in [0.25, 0.3) is 122 Å². The number of fused-ring (bicyclic) bond motifs is 6. The van der Waals surface area contributed by atoms with Crippen molar-refractivity contribution in [2.75, 3.05) is 0 Å². The summed E-state index contributed by atoms with van der Waals surface area (Å²) in [5.41, 5.74) is 19.1. The Balaban J connectivity index is 1.12. The fourth-order valence-electron chi connectivity index (χ4n) is 11.5.